The summed E-state index contributed by atoms with van der Waals surface area (Å²) in [7, 11) is 0. The predicted molar refractivity (Wildman–Crippen MR) is 73.8 cm³/mol. The molecule has 0 saturated carbocycles. The Labute approximate surface area is 121 Å². The van der Waals surface area contributed by atoms with Gasteiger partial charge < -0.3 is 10.0 Å². The van der Waals surface area contributed by atoms with Gasteiger partial charge in [0.1, 0.15) is 5.56 Å². The molecule has 2 unspecified atom stereocenters. The van der Waals surface area contributed by atoms with Crippen molar-refractivity contribution in [2.45, 2.75) is 19.4 Å². The number of benzene rings is 1. The van der Waals surface area contributed by atoms with E-state index < -0.39 is 10.8 Å². The maximum atomic E-state index is 12.5. The van der Waals surface area contributed by atoms with Gasteiger partial charge in [-0.05, 0) is 24.5 Å². The van der Waals surface area contributed by atoms with Crippen molar-refractivity contribution in [3.63, 3.8) is 0 Å². The third-order valence-electron chi connectivity index (χ3n) is 3.72. The standard InChI is InChI=1S/C13H15ClN2O4/c1-8-4-5-15(12(8)7-17)13(18)10-3-2-9(14)6-11(10)16(19)20/h2-3,6,8,12,17H,4-5,7H2,1H3. The summed E-state index contributed by atoms with van der Waals surface area (Å²) in [6.07, 6.45) is 0.776. The fraction of sp³-hybridized carbons (Fsp3) is 0.462. The Morgan fingerprint density at radius 1 is 1.60 bits per heavy atom. The van der Waals surface area contributed by atoms with Crippen LogP contribution in [0.1, 0.15) is 23.7 Å². The number of amides is 1. The summed E-state index contributed by atoms with van der Waals surface area (Å²) in [6.45, 7) is 2.30. The van der Waals surface area contributed by atoms with Gasteiger partial charge in [0.2, 0.25) is 0 Å². The summed E-state index contributed by atoms with van der Waals surface area (Å²) < 4.78 is 0. The molecule has 1 amide bonds. The molecular formula is C13H15ClN2O4. The van der Waals surface area contributed by atoms with Crippen LogP contribution in [-0.4, -0.2) is 40.0 Å². The van der Waals surface area contributed by atoms with Crippen molar-refractivity contribution in [1.29, 1.82) is 0 Å². The molecule has 0 aliphatic carbocycles. The lowest BCUT2D eigenvalue weighted by Gasteiger charge is -2.25. The second kappa shape index (κ2) is 5.76. The van der Waals surface area contributed by atoms with Crippen molar-refractivity contribution in [2.24, 2.45) is 5.92 Å². The summed E-state index contributed by atoms with van der Waals surface area (Å²) in [5.74, 6) is -0.257. The van der Waals surface area contributed by atoms with E-state index in [0.717, 1.165) is 6.42 Å². The van der Waals surface area contributed by atoms with Crippen molar-refractivity contribution in [2.75, 3.05) is 13.2 Å². The molecule has 0 spiro atoms. The van der Waals surface area contributed by atoms with Gasteiger partial charge in [-0.2, -0.15) is 0 Å². The Kier molecular flexibility index (Phi) is 4.25. The molecule has 0 aromatic heterocycles. The van der Waals surface area contributed by atoms with Crippen LogP contribution in [-0.2, 0) is 0 Å². The topological polar surface area (TPSA) is 83.7 Å². The number of nitro groups is 1. The number of aliphatic hydroxyl groups excluding tert-OH is 1. The van der Waals surface area contributed by atoms with Gasteiger partial charge in [-0.25, -0.2) is 0 Å². The predicted octanol–water partition coefficient (Wildman–Crippen LogP) is 2.09. The first-order valence-electron chi connectivity index (χ1n) is 6.31. The summed E-state index contributed by atoms with van der Waals surface area (Å²) in [5, 5.41) is 20.6. The molecule has 1 saturated heterocycles. The maximum absolute atomic E-state index is 12.5. The number of hydrogen-bond donors (Lipinski definition) is 1. The zero-order valence-corrected chi connectivity index (χ0v) is 11.7. The van der Waals surface area contributed by atoms with E-state index in [1.54, 1.807) is 0 Å². The van der Waals surface area contributed by atoms with E-state index in [9.17, 15) is 20.0 Å². The van der Waals surface area contributed by atoms with Gasteiger partial charge in [0, 0.05) is 17.6 Å². The smallest absolute Gasteiger partial charge is 0.283 e. The molecule has 0 bridgehead atoms. The highest BCUT2D eigenvalue weighted by Crippen LogP contribution is 2.29. The lowest BCUT2D eigenvalue weighted by molar-refractivity contribution is -0.385. The molecule has 7 heteroatoms. The molecule has 20 heavy (non-hydrogen) atoms. The Bertz CT molecular complexity index is 549. The number of rotatable bonds is 3. The molecule has 1 aromatic rings. The minimum absolute atomic E-state index is 0.00644. The Hall–Kier alpha value is -1.66. The molecule has 1 aliphatic rings. The molecular weight excluding hydrogens is 284 g/mol. The number of likely N-dealkylation sites (tertiary alicyclic amines) is 1. The van der Waals surface area contributed by atoms with Crippen molar-refractivity contribution >= 4 is 23.2 Å². The summed E-state index contributed by atoms with van der Waals surface area (Å²) in [4.78, 5) is 24.4. The SMILES string of the molecule is CC1CCN(C(=O)c2ccc(Cl)cc2[N+](=O)[O-])C1CO. The van der Waals surface area contributed by atoms with E-state index in [2.05, 4.69) is 0 Å². The first-order chi connectivity index (χ1) is 9.45. The van der Waals surface area contributed by atoms with Crippen LogP contribution < -0.4 is 0 Å². The third-order valence-corrected chi connectivity index (χ3v) is 3.95. The number of nitrogens with zero attached hydrogens (tertiary/aromatic N) is 2. The van der Waals surface area contributed by atoms with E-state index in [-0.39, 0.29) is 34.8 Å². The Morgan fingerprint density at radius 3 is 2.90 bits per heavy atom. The van der Waals surface area contributed by atoms with E-state index in [0.29, 0.717) is 6.54 Å². The molecule has 2 atom stereocenters. The number of aliphatic hydroxyl groups is 1. The number of nitro benzene ring substituents is 1. The van der Waals surface area contributed by atoms with E-state index in [1.807, 2.05) is 6.92 Å². The van der Waals surface area contributed by atoms with Gasteiger partial charge in [-0.3, -0.25) is 14.9 Å². The fourth-order valence-corrected chi connectivity index (χ4v) is 2.70. The van der Waals surface area contributed by atoms with E-state index >= 15 is 0 Å². The fourth-order valence-electron chi connectivity index (χ4n) is 2.53. The van der Waals surface area contributed by atoms with Gasteiger partial charge in [-0.15, -0.1) is 0 Å². The summed E-state index contributed by atoms with van der Waals surface area (Å²) in [5.41, 5.74) is -0.300. The zero-order chi connectivity index (χ0) is 14.9. The maximum Gasteiger partial charge on any atom is 0.283 e. The molecule has 2 rings (SSSR count). The van der Waals surface area contributed by atoms with E-state index in [1.165, 1.54) is 23.1 Å². The van der Waals surface area contributed by atoms with Crippen LogP contribution in [0.25, 0.3) is 0 Å². The molecule has 108 valence electrons. The molecule has 1 fully saturated rings. The average molecular weight is 299 g/mol. The molecule has 1 heterocycles. The largest absolute Gasteiger partial charge is 0.394 e. The van der Waals surface area contributed by atoms with Gasteiger partial charge in [0.15, 0.2) is 0 Å². The zero-order valence-electron chi connectivity index (χ0n) is 11.0. The molecule has 1 aromatic carbocycles. The monoisotopic (exact) mass is 298 g/mol. The first-order valence-corrected chi connectivity index (χ1v) is 6.69. The summed E-state index contributed by atoms with van der Waals surface area (Å²) >= 11 is 5.74. The lowest BCUT2D eigenvalue weighted by Crippen LogP contribution is -2.40. The van der Waals surface area contributed by atoms with Gasteiger partial charge >= 0.3 is 0 Å². The Balaban J connectivity index is 2.37. The highest BCUT2D eigenvalue weighted by atomic mass is 35.5. The molecule has 6 nitrogen and oxygen atoms in total. The van der Waals surface area contributed by atoms with Crippen LogP contribution >= 0.6 is 11.6 Å². The molecule has 0 radical (unpaired) electrons. The first kappa shape index (κ1) is 14.7. The number of carbonyl (C=O) groups is 1. The third kappa shape index (κ3) is 2.62. The van der Waals surface area contributed by atoms with Gasteiger partial charge in [0.25, 0.3) is 11.6 Å². The molecule has 1 N–H and O–H groups in total. The quantitative estimate of drug-likeness (QED) is 0.684. The number of hydrogen-bond acceptors (Lipinski definition) is 4. The highest BCUT2D eigenvalue weighted by molar-refractivity contribution is 6.31. The van der Waals surface area contributed by atoms with Crippen molar-refractivity contribution in [3.05, 3.63) is 38.9 Å². The van der Waals surface area contributed by atoms with Crippen LogP contribution in [0.5, 0.6) is 0 Å². The number of carbonyl (C=O) groups excluding carboxylic acids is 1. The minimum Gasteiger partial charge on any atom is -0.394 e. The van der Waals surface area contributed by atoms with Crippen molar-refractivity contribution in [1.82, 2.24) is 4.90 Å². The second-order valence-electron chi connectivity index (χ2n) is 4.93. The summed E-state index contributed by atoms with van der Waals surface area (Å²) in [6, 6.07) is 3.69. The van der Waals surface area contributed by atoms with E-state index in [4.69, 9.17) is 11.6 Å². The van der Waals surface area contributed by atoms with Gasteiger partial charge in [0.05, 0.1) is 17.6 Å². The van der Waals surface area contributed by atoms with Crippen molar-refractivity contribution < 1.29 is 14.8 Å². The Morgan fingerprint density at radius 2 is 2.30 bits per heavy atom. The van der Waals surface area contributed by atoms with Crippen LogP contribution in [0.4, 0.5) is 5.69 Å². The van der Waals surface area contributed by atoms with Crippen LogP contribution in [0.15, 0.2) is 18.2 Å². The number of halogens is 1. The van der Waals surface area contributed by atoms with Crippen LogP contribution in [0.3, 0.4) is 0 Å². The lowest BCUT2D eigenvalue weighted by atomic mass is 10.0. The average Bonchev–Trinajstić information content (AvgIpc) is 2.78. The van der Waals surface area contributed by atoms with Crippen LogP contribution in [0.2, 0.25) is 5.02 Å². The van der Waals surface area contributed by atoms with Crippen molar-refractivity contribution in [3.8, 4) is 0 Å². The highest BCUT2D eigenvalue weighted by Gasteiger charge is 2.36. The second-order valence-corrected chi connectivity index (χ2v) is 5.37. The molecule has 1 aliphatic heterocycles. The van der Waals surface area contributed by atoms with Gasteiger partial charge in [-0.1, -0.05) is 18.5 Å². The minimum atomic E-state index is -0.618. The normalized spacial score (nSPS) is 22.1. The van der Waals surface area contributed by atoms with Crippen LogP contribution in [0, 0.1) is 16.0 Å².